The molecule has 0 radical (unpaired) electrons. The number of hydrogen-bond acceptors (Lipinski definition) is 4. The number of amides is 1. The highest BCUT2D eigenvalue weighted by Crippen LogP contribution is 2.35. The molecule has 8 heteroatoms. The summed E-state index contributed by atoms with van der Waals surface area (Å²) in [7, 11) is 0. The number of pyridine rings is 1. The van der Waals surface area contributed by atoms with Gasteiger partial charge in [-0.3, -0.25) is 4.79 Å². The predicted octanol–water partition coefficient (Wildman–Crippen LogP) is 3.41. The third kappa shape index (κ3) is 3.27. The number of carbonyl (C=O) groups excluding carboxylic acids is 1. The SMILES string of the molecule is NC(=O)c1ccc(C(F)(F)F)nc1Sc1cccs1. The van der Waals surface area contributed by atoms with E-state index in [-0.39, 0.29) is 10.6 Å². The van der Waals surface area contributed by atoms with Gasteiger partial charge >= 0.3 is 6.18 Å². The molecule has 2 N–H and O–H groups in total. The topological polar surface area (TPSA) is 56.0 Å². The maximum absolute atomic E-state index is 12.6. The fraction of sp³-hybridized carbons (Fsp3) is 0.0909. The van der Waals surface area contributed by atoms with Gasteiger partial charge in [0, 0.05) is 0 Å². The maximum Gasteiger partial charge on any atom is 0.433 e. The van der Waals surface area contributed by atoms with Crippen molar-refractivity contribution in [1.82, 2.24) is 4.98 Å². The summed E-state index contributed by atoms with van der Waals surface area (Å²) in [4.78, 5) is 14.7. The molecule has 0 saturated carbocycles. The van der Waals surface area contributed by atoms with Gasteiger partial charge in [0.15, 0.2) is 0 Å². The monoisotopic (exact) mass is 304 g/mol. The Balaban J connectivity index is 2.45. The summed E-state index contributed by atoms with van der Waals surface area (Å²) in [5, 5.41) is 1.74. The number of hydrogen-bond donors (Lipinski definition) is 1. The van der Waals surface area contributed by atoms with Crippen LogP contribution in [-0.2, 0) is 6.18 Å². The van der Waals surface area contributed by atoms with Crippen molar-refractivity contribution in [3.8, 4) is 0 Å². The summed E-state index contributed by atoms with van der Waals surface area (Å²) >= 11 is 2.33. The van der Waals surface area contributed by atoms with Crippen molar-refractivity contribution in [2.75, 3.05) is 0 Å². The standard InChI is InChI=1S/C11H7F3N2OS2/c12-11(13,14)7-4-3-6(9(15)17)10(16-7)19-8-2-1-5-18-8/h1-5H,(H2,15,17). The van der Waals surface area contributed by atoms with Crippen LogP contribution in [0.2, 0.25) is 0 Å². The van der Waals surface area contributed by atoms with Crippen LogP contribution in [0.1, 0.15) is 16.1 Å². The van der Waals surface area contributed by atoms with Crippen LogP contribution in [0.4, 0.5) is 13.2 Å². The molecule has 19 heavy (non-hydrogen) atoms. The van der Waals surface area contributed by atoms with E-state index in [0.717, 1.165) is 28.1 Å². The Morgan fingerprint density at radius 3 is 2.58 bits per heavy atom. The average Bonchev–Trinajstić information content (AvgIpc) is 2.80. The Bertz CT molecular complexity index is 596. The van der Waals surface area contributed by atoms with Crippen LogP contribution in [0.15, 0.2) is 38.9 Å². The van der Waals surface area contributed by atoms with Crippen molar-refractivity contribution in [1.29, 1.82) is 0 Å². The number of nitrogens with two attached hydrogens (primary N) is 1. The smallest absolute Gasteiger partial charge is 0.366 e. The highest BCUT2D eigenvalue weighted by Gasteiger charge is 2.33. The van der Waals surface area contributed by atoms with Crippen LogP contribution < -0.4 is 5.73 Å². The molecule has 3 nitrogen and oxygen atoms in total. The van der Waals surface area contributed by atoms with Crippen molar-refractivity contribution in [3.63, 3.8) is 0 Å². The minimum Gasteiger partial charge on any atom is -0.366 e. The van der Waals surface area contributed by atoms with Gasteiger partial charge in [-0.25, -0.2) is 4.98 Å². The van der Waals surface area contributed by atoms with Gasteiger partial charge in [-0.15, -0.1) is 11.3 Å². The van der Waals surface area contributed by atoms with Gasteiger partial charge < -0.3 is 5.73 Å². The molecule has 0 aliphatic heterocycles. The normalized spacial score (nSPS) is 11.5. The zero-order valence-electron chi connectivity index (χ0n) is 9.27. The first-order valence-corrected chi connectivity index (χ1v) is 6.67. The molecule has 1 amide bonds. The first-order valence-electron chi connectivity index (χ1n) is 4.97. The molecule has 0 spiro atoms. The lowest BCUT2D eigenvalue weighted by Crippen LogP contribution is -2.15. The molecule has 0 aliphatic carbocycles. The van der Waals surface area contributed by atoms with Crippen molar-refractivity contribution in [2.24, 2.45) is 5.73 Å². The second-order valence-electron chi connectivity index (χ2n) is 3.45. The second kappa shape index (κ2) is 5.22. The Labute approximate surface area is 114 Å². The Kier molecular flexibility index (Phi) is 3.81. The van der Waals surface area contributed by atoms with Crippen LogP contribution >= 0.6 is 23.1 Å². The quantitative estimate of drug-likeness (QED) is 0.945. The molecule has 0 aromatic carbocycles. The Morgan fingerprint density at radius 2 is 2.05 bits per heavy atom. The van der Waals surface area contributed by atoms with Crippen LogP contribution in [0.25, 0.3) is 0 Å². The van der Waals surface area contributed by atoms with E-state index < -0.39 is 17.8 Å². The van der Waals surface area contributed by atoms with Crippen LogP contribution in [0, 0.1) is 0 Å². The molecule has 100 valence electrons. The van der Waals surface area contributed by atoms with Gasteiger partial charge in [-0.1, -0.05) is 17.8 Å². The van der Waals surface area contributed by atoms with Gasteiger partial charge in [-0.2, -0.15) is 13.2 Å². The number of aromatic nitrogens is 1. The molecule has 0 atom stereocenters. The zero-order valence-corrected chi connectivity index (χ0v) is 10.9. The van der Waals surface area contributed by atoms with Crippen molar-refractivity contribution < 1.29 is 18.0 Å². The molecule has 0 bridgehead atoms. The molecule has 0 aliphatic rings. The fourth-order valence-corrected chi connectivity index (χ4v) is 3.08. The van der Waals surface area contributed by atoms with E-state index in [4.69, 9.17) is 5.73 Å². The van der Waals surface area contributed by atoms with Crippen LogP contribution in [0.3, 0.4) is 0 Å². The summed E-state index contributed by atoms with van der Waals surface area (Å²) in [5.74, 6) is -0.805. The van der Waals surface area contributed by atoms with E-state index in [0.29, 0.717) is 0 Å². The second-order valence-corrected chi connectivity index (χ2v) is 5.68. The molecule has 0 fully saturated rings. The van der Waals surface area contributed by atoms with E-state index >= 15 is 0 Å². The minimum atomic E-state index is -4.55. The fourth-order valence-electron chi connectivity index (χ4n) is 1.28. The number of nitrogens with zero attached hydrogens (tertiary/aromatic N) is 1. The largest absolute Gasteiger partial charge is 0.433 e. The van der Waals surface area contributed by atoms with Gasteiger partial charge in [0.05, 0.1) is 9.77 Å². The Hall–Kier alpha value is -1.54. The molecule has 2 aromatic rings. The highest BCUT2D eigenvalue weighted by molar-refractivity contribution is 8.01. The van der Waals surface area contributed by atoms with E-state index in [1.807, 2.05) is 0 Å². The third-order valence-electron chi connectivity index (χ3n) is 2.11. The van der Waals surface area contributed by atoms with Gasteiger partial charge in [-0.05, 0) is 23.6 Å². The minimum absolute atomic E-state index is 0.0219. The number of rotatable bonds is 3. The molecular formula is C11H7F3N2OS2. The zero-order chi connectivity index (χ0) is 14.0. The van der Waals surface area contributed by atoms with Crippen LogP contribution in [0.5, 0.6) is 0 Å². The van der Waals surface area contributed by atoms with E-state index in [1.54, 1.807) is 17.5 Å². The summed E-state index contributed by atoms with van der Waals surface area (Å²) in [6.45, 7) is 0. The summed E-state index contributed by atoms with van der Waals surface area (Å²) in [6, 6.07) is 5.28. The van der Waals surface area contributed by atoms with Gasteiger partial charge in [0.1, 0.15) is 10.7 Å². The van der Waals surface area contributed by atoms with Crippen LogP contribution in [-0.4, -0.2) is 10.9 Å². The third-order valence-corrected chi connectivity index (χ3v) is 4.15. The van der Waals surface area contributed by atoms with Gasteiger partial charge in [0.25, 0.3) is 5.91 Å². The Morgan fingerprint density at radius 1 is 1.32 bits per heavy atom. The highest BCUT2D eigenvalue weighted by atomic mass is 32.2. The molecule has 0 saturated heterocycles. The molecule has 2 aromatic heterocycles. The number of thiophene rings is 1. The van der Waals surface area contributed by atoms with E-state index in [9.17, 15) is 18.0 Å². The molecule has 2 heterocycles. The van der Waals surface area contributed by atoms with E-state index in [2.05, 4.69) is 4.98 Å². The number of alkyl halides is 3. The lowest BCUT2D eigenvalue weighted by molar-refractivity contribution is -0.141. The molecular weight excluding hydrogens is 297 g/mol. The van der Waals surface area contributed by atoms with Crippen molar-refractivity contribution >= 4 is 29.0 Å². The number of carbonyl (C=O) groups is 1. The number of halogens is 3. The first-order chi connectivity index (χ1) is 8.88. The van der Waals surface area contributed by atoms with Crippen molar-refractivity contribution in [2.45, 2.75) is 15.4 Å². The first kappa shape index (κ1) is 13.9. The molecule has 2 rings (SSSR count). The van der Waals surface area contributed by atoms with Crippen molar-refractivity contribution in [3.05, 3.63) is 40.9 Å². The lowest BCUT2D eigenvalue weighted by Gasteiger charge is -2.09. The summed E-state index contributed by atoms with van der Waals surface area (Å²) in [6.07, 6.45) is -4.55. The number of primary amides is 1. The average molecular weight is 304 g/mol. The molecule has 0 unspecified atom stereocenters. The lowest BCUT2D eigenvalue weighted by atomic mass is 10.2. The van der Waals surface area contributed by atoms with E-state index in [1.165, 1.54) is 11.3 Å². The maximum atomic E-state index is 12.6. The van der Waals surface area contributed by atoms with Gasteiger partial charge in [0.2, 0.25) is 0 Å². The predicted molar refractivity (Wildman–Crippen MR) is 66.2 cm³/mol. The summed E-state index contributed by atoms with van der Waals surface area (Å²) < 4.78 is 38.5. The summed E-state index contributed by atoms with van der Waals surface area (Å²) in [5.41, 5.74) is 4.07.